The Kier molecular flexibility index (Phi) is 10.3. The van der Waals surface area contributed by atoms with Crippen molar-refractivity contribution in [3.05, 3.63) is 0 Å². The third kappa shape index (κ3) is 8.13. The van der Waals surface area contributed by atoms with Gasteiger partial charge in [0.15, 0.2) is 18.3 Å². The van der Waals surface area contributed by atoms with Crippen molar-refractivity contribution in [3.8, 4) is 0 Å². The Bertz CT molecular complexity index is 850. The van der Waals surface area contributed by atoms with Gasteiger partial charge in [-0.3, -0.25) is 28.9 Å². The van der Waals surface area contributed by atoms with Crippen LogP contribution in [0, 0.1) is 5.92 Å². The average molecular weight is 527 g/mol. The fourth-order valence-corrected chi connectivity index (χ4v) is 5.30. The number of hydrogen-bond donors (Lipinski definition) is 0. The highest BCUT2D eigenvalue weighted by Gasteiger charge is 2.56. The van der Waals surface area contributed by atoms with Crippen LogP contribution in [-0.2, 0) is 47.7 Å². The van der Waals surface area contributed by atoms with Crippen molar-refractivity contribution >= 4 is 29.8 Å². The molecule has 0 N–H and O–H groups in total. The Balaban J connectivity index is 1.79. The van der Waals surface area contributed by atoms with Crippen LogP contribution >= 0.6 is 0 Å². The summed E-state index contributed by atoms with van der Waals surface area (Å²) >= 11 is 0. The normalized spacial score (nSPS) is 29.2. The van der Waals surface area contributed by atoms with Crippen molar-refractivity contribution in [3.63, 3.8) is 0 Å². The average Bonchev–Trinajstić information content (AvgIpc) is 2.82. The summed E-state index contributed by atoms with van der Waals surface area (Å²) in [6.45, 7) is 7.73. The van der Waals surface area contributed by atoms with Crippen LogP contribution in [0.2, 0.25) is 0 Å². The topological polar surface area (TPSA) is 138 Å². The lowest BCUT2D eigenvalue weighted by Crippen LogP contribution is -2.66. The summed E-state index contributed by atoms with van der Waals surface area (Å²) in [7, 11) is 0. The first-order valence-corrected chi connectivity index (χ1v) is 12.9. The molecule has 3 aliphatic rings. The quantitative estimate of drug-likeness (QED) is 0.344. The van der Waals surface area contributed by atoms with E-state index < -0.39 is 60.5 Å². The Morgan fingerprint density at radius 1 is 0.676 bits per heavy atom. The van der Waals surface area contributed by atoms with Crippen molar-refractivity contribution in [1.82, 2.24) is 9.80 Å². The van der Waals surface area contributed by atoms with Gasteiger partial charge in [0.2, 0.25) is 12.4 Å². The van der Waals surface area contributed by atoms with E-state index in [0.29, 0.717) is 32.1 Å². The maximum Gasteiger partial charge on any atom is 0.305 e. The molecule has 0 radical (unpaired) electrons. The SMILES string of the molecule is CC(=O)O[C@@H]1O[C@H](C(=O)N2CCN(CC3CCCCC3)CC2)[C@@H](OC(C)=O)[C@H](OC(C)=O)[C@H]1OC(C)=O. The lowest BCUT2D eigenvalue weighted by atomic mass is 9.89. The predicted octanol–water partition coefficient (Wildman–Crippen LogP) is 0.794. The van der Waals surface area contributed by atoms with Crippen LogP contribution in [0.25, 0.3) is 0 Å². The van der Waals surface area contributed by atoms with E-state index in [1.807, 2.05) is 0 Å². The van der Waals surface area contributed by atoms with Crippen LogP contribution in [0.3, 0.4) is 0 Å². The third-order valence-corrected chi connectivity index (χ3v) is 6.85. The number of nitrogens with zero attached hydrogens (tertiary/aromatic N) is 2. The van der Waals surface area contributed by atoms with Crippen molar-refractivity contribution in [2.24, 2.45) is 5.92 Å². The van der Waals surface area contributed by atoms with Gasteiger partial charge < -0.3 is 28.6 Å². The maximum atomic E-state index is 13.6. The number of amides is 1. The summed E-state index contributed by atoms with van der Waals surface area (Å²) in [5, 5.41) is 0. The Morgan fingerprint density at radius 2 is 1.19 bits per heavy atom. The molecule has 0 spiro atoms. The van der Waals surface area contributed by atoms with Gasteiger partial charge >= 0.3 is 23.9 Å². The van der Waals surface area contributed by atoms with Gasteiger partial charge in [-0.2, -0.15) is 0 Å². The molecular formula is C25H38N2O10. The second-order valence-corrected chi connectivity index (χ2v) is 9.89. The van der Waals surface area contributed by atoms with Crippen LogP contribution in [0.1, 0.15) is 59.8 Å². The fourth-order valence-electron chi connectivity index (χ4n) is 5.30. The van der Waals surface area contributed by atoms with Crippen LogP contribution in [0.4, 0.5) is 0 Å². The van der Waals surface area contributed by atoms with E-state index in [4.69, 9.17) is 23.7 Å². The minimum atomic E-state index is -1.56. The first-order chi connectivity index (χ1) is 17.5. The second-order valence-electron chi connectivity index (χ2n) is 9.89. The monoisotopic (exact) mass is 526 g/mol. The van der Waals surface area contributed by atoms with Gasteiger partial charge in [0.1, 0.15) is 0 Å². The third-order valence-electron chi connectivity index (χ3n) is 6.85. The fraction of sp³-hybridized carbons (Fsp3) is 0.800. The van der Waals surface area contributed by atoms with Crippen molar-refractivity contribution in [1.29, 1.82) is 0 Å². The molecule has 3 fully saturated rings. The number of hydrogen-bond acceptors (Lipinski definition) is 11. The van der Waals surface area contributed by atoms with E-state index in [2.05, 4.69) is 4.90 Å². The summed E-state index contributed by atoms with van der Waals surface area (Å²) < 4.78 is 27.0. The van der Waals surface area contributed by atoms with E-state index in [0.717, 1.165) is 34.2 Å². The van der Waals surface area contributed by atoms with Crippen molar-refractivity contribution in [2.75, 3.05) is 32.7 Å². The van der Waals surface area contributed by atoms with Crippen LogP contribution in [0.15, 0.2) is 0 Å². The molecule has 208 valence electrons. The van der Waals surface area contributed by atoms with Crippen molar-refractivity contribution < 1.29 is 47.7 Å². The van der Waals surface area contributed by atoms with Crippen LogP contribution < -0.4 is 0 Å². The van der Waals surface area contributed by atoms with Gasteiger partial charge in [-0.05, 0) is 18.8 Å². The summed E-state index contributed by atoms with van der Waals surface area (Å²) in [5.74, 6) is -2.89. The van der Waals surface area contributed by atoms with Gasteiger partial charge in [0.05, 0.1) is 0 Å². The zero-order valence-electron chi connectivity index (χ0n) is 22.0. The largest absolute Gasteiger partial charge is 0.455 e. The standard InChI is InChI=1S/C25H38N2O10/c1-15(28)33-20-21(34-16(2)29)23(35-17(3)30)25(36-18(4)31)37-22(20)24(32)27-12-10-26(11-13-27)14-19-8-6-5-7-9-19/h19-23,25H,5-14H2,1-4H3/t20-,21-,22-,23+,25+/m0/s1. The summed E-state index contributed by atoms with van der Waals surface area (Å²) in [6.07, 6.45) is -1.03. The Morgan fingerprint density at radius 3 is 1.73 bits per heavy atom. The van der Waals surface area contributed by atoms with E-state index >= 15 is 0 Å². The zero-order chi connectivity index (χ0) is 27.1. The van der Waals surface area contributed by atoms with E-state index in [1.165, 1.54) is 32.1 Å². The van der Waals surface area contributed by atoms with Gasteiger partial charge in [-0.1, -0.05) is 19.3 Å². The molecule has 3 rings (SSSR count). The van der Waals surface area contributed by atoms with Gasteiger partial charge in [-0.25, -0.2) is 0 Å². The predicted molar refractivity (Wildman–Crippen MR) is 127 cm³/mol. The second kappa shape index (κ2) is 13.2. The molecule has 12 nitrogen and oxygen atoms in total. The number of piperazine rings is 1. The van der Waals surface area contributed by atoms with E-state index in [-0.39, 0.29) is 0 Å². The minimum Gasteiger partial charge on any atom is -0.455 e. The molecule has 2 heterocycles. The van der Waals surface area contributed by atoms with Gasteiger partial charge in [0.25, 0.3) is 5.91 Å². The summed E-state index contributed by atoms with van der Waals surface area (Å²) in [4.78, 5) is 65.0. The number of ether oxygens (including phenoxy) is 5. The highest BCUT2D eigenvalue weighted by molar-refractivity contribution is 5.83. The first kappa shape index (κ1) is 28.8. The zero-order valence-corrected chi connectivity index (χ0v) is 22.0. The highest BCUT2D eigenvalue weighted by atomic mass is 16.7. The number of carbonyl (C=O) groups is 5. The molecule has 0 aromatic rings. The lowest BCUT2D eigenvalue weighted by molar-refractivity contribution is -0.292. The van der Waals surface area contributed by atoms with Gasteiger partial charge in [0, 0.05) is 60.4 Å². The molecule has 12 heteroatoms. The molecule has 0 unspecified atom stereocenters. The number of esters is 4. The molecule has 1 amide bonds. The van der Waals surface area contributed by atoms with E-state index in [1.54, 1.807) is 4.90 Å². The van der Waals surface area contributed by atoms with Gasteiger partial charge in [-0.15, -0.1) is 0 Å². The smallest absolute Gasteiger partial charge is 0.305 e. The van der Waals surface area contributed by atoms with E-state index in [9.17, 15) is 24.0 Å². The maximum absolute atomic E-state index is 13.6. The minimum absolute atomic E-state index is 0.433. The lowest BCUT2D eigenvalue weighted by Gasteiger charge is -2.45. The summed E-state index contributed by atoms with van der Waals surface area (Å²) in [6, 6.07) is 0. The molecule has 0 aromatic heterocycles. The van der Waals surface area contributed by atoms with Crippen LogP contribution in [-0.4, -0.2) is 103 Å². The Labute approximate surface area is 216 Å². The first-order valence-electron chi connectivity index (χ1n) is 12.9. The Hall–Kier alpha value is -2.73. The number of carbonyl (C=O) groups excluding carboxylic acids is 5. The molecule has 2 aliphatic heterocycles. The molecule has 37 heavy (non-hydrogen) atoms. The molecule has 5 atom stereocenters. The molecule has 0 bridgehead atoms. The summed E-state index contributed by atoms with van der Waals surface area (Å²) in [5.41, 5.74) is 0. The van der Waals surface area contributed by atoms with Crippen LogP contribution in [0.5, 0.6) is 0 Å². The molecule has 2 saturated heterocycles. The molecule has 1 aliphatic carbocycles. The molecule has 1 saturated carbocycles. The van der Waals surface area contributed by atoms with Crippen molar-refractivity contribution in [2.45, 2.75) is 90.5 Å². The number of rotatable bonds is 7. The molecule has 0 aromatic carbocycles. The molecular weight excluding hydrogens is 488 g/mol. The highest BCUT2D eigenvalue weighted by Crippen LogP contribution is 2.31.